The van der Waals surface area contributed by atoms with Crippen molar-refractivity contribution in [2.24, 2.45) is 0 Å². The van der Waals surface area contributed by atoms with E-state index in [2.05, 4.69) is 17.1 Å². The highest BCUT2D eigenvalue weighted by molar-refractivity contribution is 7.90. The van der Waals surface area contributed by atoms with Crippen LogP contribution in [-0.2, 0) is 9.84 Å². The van der Waals surface area contributed by atoms with Gasteiger partial charge in [0.25, 0.3) is 0 Å². The molecule has 118 valence electrons. The van der Waals surface area contributed by atoms with Gasteiger partial charge in [-0.05, 0) is 44.9 Å². The lowest BCUT2D eigenvalue weighted by molar-refractivity contribution is 0.160. The lowest BCUT2D eigenvalue weighted by Crippen LogP contribution is -2.38. The van der Waals surface area contributed by atoms with Crippen LogP contribution in [0.2, 0.25) is 0 Å². The normalized spacial score (nSPS) is 20.4. The Morgan fingerprint density at radius 2 is 2.05 bits per heavy atom. The van der Waals surface area contributed by atoms with E-state index in [9.17, 15) is 8.42 Å². The van der Waals surface area contributed by atoms with Crippen LogP contribution in [0, 0.1) is 0 Å². The second kappa shape index (κ2) is 7.27. The molecule has 21 heavy (non-hydrogen) atoms. The molecule has 1 unspecified atom stereocenters. The predicted octanol–water partition coefficient (Wildman–Crippen LogP) is 2.77. The highest BCUT2D eigenvalue weighted by Crippen LogP contribution is 2.21. The molecular weight excluding hydrogens is 284 g/mol. The van der Waals surface area contributed by atoms with Crippen molar-refractivity contribution in [3.05, 3.63) is 24.3 Å². The Morgan fingerprint density at radius 1 is 1.29 bits per heavy atom. The summed E-state index contributed by atoms with van der Waals surface area (Å²) in [5.74, 6) is 0. The van der Waals surface area contributed by atoms with Crippen LogP contribution in [0.5, 0.6) is 0 Å². The number of para-hydroxylation sites is 1. The molecule has 1 aromatic rings. The Bertz CT molecular complexity index is 557. The number of anilines is 1. The first-order valence-corrected chi connectivity index (χ1v) is 9.64. The van der Waals surface area contributed by atoms with E-state index in [1.807, 2.05) is 12.1 Å². The summed E-state index contributed by atoms with van der Waals surface area (Å²) >= 11 is 0. The summed E-state index contributed by atoms with van der Waals surface area (Å²) in [6.07, 6.45) is 6.22. The van der Waals surface area contributed by atoms with Crippen molar-refractivity contribution in [2.45, 2.75) is 43.5 Å². The number of nitrogens with one attached hydrogen (secondary N) is 1. The minimum absolute atomic E-state index is 0.386. The van der Waals surface area contributed by atoms with Crippen LogP contribution in [0.1, 0.15) is 32.6 Å². The third kappa shape index (κ3) is 4.71. The van der Waals surface area contributed by atoms with Crippen LogP contribution < -0.4 is 5.32 Å². The SMILES string of the molecule is CC1CCCCN1CCCNc1ccccc1S(C)(=O)=O. The van der Waals surface area contributed by atoms with Gasteiger partial charge in [0, 0.05) is 25.4 Å². The van der Waals surface area contributed by atoms with E-state index in [4.69, 9.17) is 0 Å². The van der Waals surface area contributed by atoms with Crippen molar-refractivity contribution in [1.29, 1.82) is 0 Å². The van der Waals surface area contributed by atoms with Crippen LogP contribution in [0.15, 0.2) is 29.2 Å². The van der Waals surface area contributed by atoms with Crippen LogP contribution in [-0.4, -0.2) is 45.2 Å². The largest absolute Gasteiger partial charge is 0.384 e. The van der Waals surface area contributed by atoms with Crippen molar-refractivity contribution in [3.63, 3.8) is 0 Å². The number of hydrogen-bond donors (Lipinski definition) is 1. The fourth-order valence-electron chi connectivity index (χ4n) is 2.93. The Kier molecular flexibility index (Phi) is 5.65. The van der Waals surface area contributed by atoms with E-state index in [0.29, 0.717) is 16.6 Å². The first-order chi connectivity index (χ1) is 9.98. The van der Waals surface area contributed by atoms with Crippen molar-refractivity contribution < 1.29 is 8.42 Å². The number of benzene rings is 1. The molecule has 1 aromatic carbocycles. The van der Waals surface area contributed by atoms with Gasteiger partial charge in [-0.1, -0.05) is 18.6 Å². The Morgan fingerprint density at radius 3 is 2.76 bits per heavy atom. The van der Waals surface area contributed by atoms with Crippen LogP contribution in [0.4, 0.5) is 5.69 Å². The van der Waals surface area contributed by atoms with Crippen molar-refractivity contribution >= 4 is 15.5 Å². The zero-order chi connectivity index (χ0) is 15.3. The van der Waals surface area contributed by atoms with Crippen LogP contribution >= 0.6 is 0 Å². The van der Waals surface area contributed by atoms with Gasteiger partial charge < -0.3 is 10.2 Å². The van der Waals surface area contributed by atoms with E-state index in [1.165, 1.54) is 32.1 Å². The van der Waals surface area contributed by atoms with E-state index in [0.717, 1.165) is 19.5 Å². The summed E-state index contributed by atoms with van der Waals surface area (Å²) in [7, 11) is -3.17. The fraction of sp³-hybridized carbons (Fsp3) is 0.625. The molecule has 0 bridgehead atoms. The molecule has 0 amide bonds. The summed E-state index contributed by atoms with van der Waals surface area (Å²) < 4.78 is 23.5. The van der Waals surface area contributed by atoms with Gasteiger partial charge in [0.1, 0.15) is 0 Å². The van der Waals surface area contributed by atoms with Gasteiger partial charge >= 0.3 is 0 Å². The number of sulfone groups is 1. The maximum atomic E-state index is 11.7. The second-order valence-corrected chi connectivity index (χ2v) is 7.91. The molecule has 1 heterocycles. The Labute approximate surface area is 128 Å². The zero-order valence-electron chi connectivity index (χ0n) is 13.0. The lowest BCUT2D eigenvalue weighted by atomic mass is 10.0. The second-order valence-electron chi connectivity index (χ2n) is 5.93. The first kappa shape index (κ1) is 16.3. The molecule has 1 aliphatic heterocycles. The van der Waals surface area contributed by atoms with Gasteiger partial charge in [0.05, 0.1) is 10.6 Å². The van der Waals surface area contributed by atoms with E-state index in [1.54, 1.807) is 12.1 Å². The van der Waals surface area contributed by atoms with Crippen LogP contribution in [0.25, 0.3) is 0 Å². The smallest absolute Gasteiger partial charge is 0.177 e. The molecule has 0 aliphatic carbocycles. The Balaban J connectivity index is 1.84. The van der Waals surface area contributed by atoms with Crippen molar-refractivity contribution in [2.75, 3.05) is 31.2 Å². The minimum atomic E-state index is -3.17. The monoisotopic (exact) mass is 310 g/mol. The summed E-state index contributed by atoms with van der Waals surface area (Å²) in [5, 5.41) is 3.27. The minimum Gasteiger partial charge on any atom is -0.384 e. The highest BCUT2D eigenvalue weighted by Gasteiger charge is 2.17. The quantitative estimate of drug-likeness (QED) is 0.821. The standard InChI is InChI=1S/C16H26N2O2S/c1-14-8-5-6-12-18(14)13-7-11-17-15-9-3-4-10-16(15)21(2,19)20/h3-4,9-10,14,17H,5-8,11-13H2,1-2H3. The molecule has 2 rings (SSSR count). The number of rotatable bonds is 6. The highest BCUT2D eigenvalue weighted by atomic mass is 32.2. The van der Waals surface area contributed by atoms with Gasteiger partial charge in [-0.15, -0.1) is 0 Å². The number of piperidine rings is 1. The maximum absolute atomic E-state index is 11.7. The number of likely N-dealkylation sites (tertiary alicyclic amines) is 1. The summed E-state index contributed by atoms with van der Waals surface area (Å²) in [4.78, 5) is 2.92. The van der Waals surface area contributed by atoms with Gasteiger partial charge in [0.15, 0.2) is 9.84 Å². The average Bonchev–Trinajstić information content (AvgIpc) is 2.45. The maximum Gasteiger partial charge on any atom is 0.177 e. The fourth-order valence-corrected chi connectivity index (χ4v) is 3.80. The third-order valence-electron chi connectivity index (χ3n) is 4.16. The van der Waals surface area contributed by atoms with Crippen LogP contribution in [0.3, 0.4) is 0 Å². The van der Waals surface area contributed by atoms with Gasteiger partial charge in [0.2, 0.25) is 0 Å². The third-order valence-corrected chi connectivity index (χ3v) is 5.32. The molecule has 1 fully saturated rings. The molecule has 1 saturated heterocycles. The molecular formula is C16H26N2O2S. The molecule has 0 aromatic heterocycles. The number of hydrogen-bond acceptors (Lipinski definition) is 4. The number of nitrogens with zero attached hydrogens (tertiary/aromatic N) is 1. The molecule has 0 spiro atoms. The van der Waals surface area contributed by atoms with E-state index in [-0.39, 0.29) is 0 Å². The van der Waals surface area contributed by atoms with E-state index >= 15 is 0 Å². The molecule has 0 radical (unpaired) electrons. The van der Waals surface area contributed by atoms with Gasteiger partial charge in [-0.2, -0.15) is 0 Å². The van der Waals surface area contributed by atoms with Crippen molar-refractivity contribution in [1.82, 2.24) is 4.90 Å². The topological polar surface area (TPSA) is 49.4 Å². The molecule has 5 heteroatoms. The summed E-state index contributed by atoms with van der Waals surface area (Å²) in [6.45, 7) is 5.37. The first-order valence-electron chi connectivity index (χ1n) is 7.75. The zero-order valence-corrected chi connectivity index (χ0v) is 13.8. The summed E-state index contributed by atoms with van der Waals surface area (Å²) in [5.41, 5.74) is 0.715. The molecule has 1 N–H and O–H groups in total. The summed E-state index contributed by atoms with van der Waals surface area (Å²) in [6, 6.07) is 7.80. The molecule has 1 aliphatic rings. The molecule has 4 nitrogen and oxygen atoms in total. The average molecular weight is 310 g/mol. The van der Waals surface area contributed by atoms with Crippen molar-refractivity contribution in [3.8, 4) is 0 Å². The molecule has 0 saturated carbocycles. The Hall–Kier alpha value is -1.07. The molecule has 1 atom stereocenters. The predicted molar refractivity (Wildman–Crippen MR) is 87.5 cm³/mol. The van der Waals surface area contributed by atoms with Gasteiger partial charge in [-0.25, -0.2) is 8.42 Å². The lowest BCUT2D eigenvalue weighted by Gasteiger charge is -2.33. The van der Waals surface area contributed by atoms with E-state index < -0.39 is 9.84 Å². The van der Waals surface area contributed by atoms with Gasteiger partial charge in [-0.3, -0.25) is 0 Å².